The van der Waals surface area contributed by atoms with Gasteiger partial charge in [-0.1, -0.05) is 0 Å². The molecule has 2 atom stereocenters. The third-order valence-electron chi connectivity index (χ3n) is 5.52. The fourth-order valence-corrected chi connectivity index (χ4v) is 5.15. The topological polar surface area (TPSA) is 68.5 Å². The van der Waals surface area contributed by atoms with Crippen LogP contribution in [0.4, 0.5) is 5.82 Å². The number of esters is 1. The number of nitrogens with zero attached hydrogens (tertiary/aromatic N) is 3. The minimum atomic E-state index is -0.115. The lowest BCUT2D eigenvalue weighted by atomic mass is 9.61. The van der Waals surface area contributed by atoms with Crippen molar-refractivity contribution in [3.05, 3.63) is 21.1 Å². The number of rotatable bonds is 4. The van der Waals surface area contributed by atoms with Crippen LogP contribution in [0.3, 0.4) is 0 Å². The number of aromatic nitrogens is 3. The van der Waals surface area contributed by atoms with Gasteiger partial charge in [-0.3, -0.25) is 4.79 Å². The molecule has 25 heavy (non-hydrogen) atoms. The number of anilines is 1. The van der Waals surface area contributed by atoms with Crippen LogP contribution in [0.1, 0.15) is 32.6 Å². The van der Waals surface area contributed by atoms with E-state index in [0.717, 1.165) is 34.9 Å². The van der Waals surface area contributed by atoms with E-state index in [2.05, 4.69) is 38.0 Å². The van der Waals surface area contributed by atoms with E-state index in [9.17, 15) is 4.79 Å². The molecule has 0 spiro atoms. The van der Waals surface area contributed by atoms with Crippen LogP contribution < -0.4 is 5.32 Å². The van der Waals surface area contributed by atoms with Crippen LogP contribution in [-0.4, -0.2) is 33.2 Å². The number of fused-ring (bicyclic) bond motifs is 4. The molecule has 3 aliphatic rings. The maximum atomic E-state index is 12.6. The van der Waals surface area contributed by atoms with E-state index in [0.29, 0.717) is 24.3 Å². The zero-order valence-corrected chi connectivity index (χ0v) is 16.8. The first-order chi connectivity index (χ1) is 12.1. The molecule has 5 rings (SSSR count). The molecule has 0 radical (unpaired) electrons. The second-order valence-corrected chi connectivity index (χ2v) is 8.25. The third kappa shape index (κ3) is 3.09. The van der Waals surface area contributed by atoms with Gasteiger partial charge < -0.3 is 10.1 Å². The molecular weight excluding hydrogens is 455 g/mol. The summed E-state index contributed by atoms with van der Waals surface area (Å²) in [5.74, 6) is 1.34. The van der Waals surface area contributed by atoms with Gasteiger partial charge in [-0.2, -0.15) is 4.98 Å². The quantitative estimate of drug-likeness (QED) is 0.540. The number of ether oxygens (including phenoxy) is 1. The van der Waals surface area contributed by atoms with Crippen molar-refractivity contribution in [3.8, 4) is 0 Å². The maximum Gasteiger partial charge on any atom is 0.311 e. The van der Waals surface area contributed by atoms with Gasteiger partial charge in [0.25, 0.3) is 0 Å². The van der Waals surface area contributed by atoms with Crippen molar-refractivity contribution in [1.82, 2.24) is 14.6 Å². The Morgan fingerprint density at radius 1 is 1.36 bits per heavy atom. The van der Waals surface area contributed by atoms with Crippen molar-refractivity contribution < 1.29 is 9.53 Å². The van der Waals surface area contributed by atoms with Crippen LogP contribution >= 0.6 is 34.2 Å². The summed E-state index contributed by atoms with van der Waals surface area (Å²) < 4.78 is 8.11. The van der Waals surface area contributed by atoms with E-state index in [-0.39, 0.29) is 23.2 Å². The molecule has 134 valence electrons. The van der Waals surface area contributed by atoms with Crippen molar-refractivity contribution in [3.63, 3.8) is 0 Å². The van der Waals surface area contributed by atoms with E-state index in [4.69, 9.17) is 16.3 Å². The molecule has 3 aliphatic carbocycles. The Balaban J connectivity index is 1.69. The van der Waals surface area contributed by atoms with Crippen molar-refractivity contribution in [2.24, 2.45) is 17.8 Å². The highest BCUT2D eigenvalue weighted by molar-refractivity contribution is 14.1. The number of carbonyl (C=O) groups is 1. The van der Waals surface area contributed by atoms with Gasteiger partial charge in [-0.15, -0.1) is 5.10 Å². The predicted molar refractivity (Wildman–Crippen MR) is 104 cm³/mol. The van der Waals surface area contributed by atoms with E-state index in [1.54, 1.807) is 4.52 Å². The molecule has 0 aliphatic heterocycles. The van der Waals surface area contributed by atoms with Crippen LogP contribution in [0.2, 0.25) is 5.28 Å². The Hall–Kier alpha value is -1.09. The number of carbonyl (C=O) groups excluding carboxylic acids is 1. The molecule has 3 fully saturated rings. The summed E-state index contributed by atoms with van der Waals surface area (Å²) in [5.41, 5.74) is 0.873. The lowest BCUT2D eigenvalue weighted by Crippen LogP contribution is -2.52. The van der Waals surface area contributed by atoms with E-state index >= 15 is 0 Å². The molecule has 8 heteroatoms. The molecule has 1 N–H and O–H groups in total. The number of halogens is 2. The molecule has 2 heterocycles. The third-order valence-corrected chi connectivity index (χ3v) is 6.50. The Labute approximate surface area is 164 Å². The normalized spacial score (nSPS) is 28.3. The van der Waals surface area contributed by atoms with Gasteiger partial charge in [-0.05, 0) is 90.8 Å². The van der Waals surface area contributed by atoms with Crippen LogP contribution in [0.5, 0.6) is 0 Å². The number of hydrogen-bond donors (Lipinski definition) is 1. The smallest absolute Gasteiger partial charge is 0.311 e. The summed E-state index contributed by atoms with van der Waals surface area (Å²) >= 11 is 8.33. The summed E-state index contributed by atoms with van der Waals surface area (Å²) in [4.78, 5) is 17.0. The van der Waals surface area contributed by atoms with Crippen molar-refractivity contribution in [2.45, 2.75) is 38.6 Å². The molecule has 0 amide bonds. The summed E-state index contributed by atoms with van der Waals surface area (Å²) in [6.45, 7) is 2.28. The van der Waals surface area contributed by atoms with Gasteiger partial charge in [0.05, 0.1) is 12.5 Å². The molecule has 0 saturated heterocycles. The zero-order chi connectivity index (χ0) is 17.6. The minimum Gasteiger partial charge on any atom is -0.466 e. The maximum absolute atomic E-state index is 12.6. The van der Waals surface area contributed by atoms with Gasteiger partial charge in [-0.25, -0.2) is 4.52 Å². The Morgan fingerprint density at radius 3 is 2.80 bits per heavy atom. The van der Waals surface area contributed by atoms with Gasteiger partial charge >= 0.3 is 5.97 Å². The van der Waals surface area contributed by atoms with Gasteiger partial charge in [0.15, 0.2) is 5.82 Å². The highest BCUT2D eigenvalue weighted by Crippen LogP contribution is 2.47. The van der Waals surface area contributed by atoms with Crippen LogP contribution in [-0.2, 0) is 9.53 Å². The second-order valence-electron chi connectivity index (χ2n) is 6.81. The first-order valence-electron chi connectivity index (χ1n) is 8.72. The zero-order valence-electron chi connectivity index (χ0n) is 13.9. The van der Waals surface area contributed by atoms with Gasteiger partial charge in [0.1, 0.15) is 9.22 Å². The van der Waals surface area contributed by atoms with E-state index < -0.39 is 0 Å². The molecule has 6 nitrogen and oxygen atoms in total. The second kappa shape index (κ2) is 6.90. The van der Waals surface area contributed by atoms with Crippen molar-refractivity contribution in [2.75, 3.05) is 11.9 Å². The molecule has 2 aromatic rings. The van der Waals surface area contributed by atoms with Gasteiger partial charge in [0, 0.05) is 6.04 Å². The monoisotopic (exact) mass is 474 g/mol. The molecule has 2 bridgehead atoms. The molecule has 2 aromatic heterocycles. The lowest BCUT2D eigenvalue weighted by Gasteiger charge is -2.47. The van der Waals surface area contributed by atoms with Crippen molar-refractivity contribution >= 4 is 51.5 Å². The molecular formula is C17H20ClIN4O2. The average molecular weight is 475 g/mol. The number of nitrogens with one attached hydrogen (secondary N) is 1. The first kappa shape index (κ1) is 17.3. The van der Waals surface area contributed by atoms with Crippen LogP contribution in [0.15, 0.2) is 12.1 Å². The summed E-state index contributed by atoms with van der Waals surface area (Å²) in [5, 5.41) is 7.98. The summed E-state index contributed by atoms with van der Waals surface area (Å²) in [7, 11) is 0. The first-order valence-corrected chi connectivity index (χ1v) is 10.2. The van der Waals surface area contributed by atoms with E-state index in [1.807, 2.05) is 19.1 Å². The Morgan fingerprint density at radius 2 is 2.08 bits per heavy atom. The lowest BCUT2D eigenvalue weighted by molar-refractivity contribution is -0.154. The standard InChI is InChI=1S/C17H20ClIN4O2/c1-2-25-16(24)13-9-3-5-10(6-4-9)14(13)20-15-11-7-8-12(19)23(11)22-17(18)21-15/h7-10,13-14H,2-6H2,1H3,(H,20,21,22)/t9-,10+,13-,14-/m0/s1. The average Bonchev–Trinajstić information content (AvgIpc) is 2.97. The predicted octanol–water partition coefficient (Wildman–Crippen LogP) is 3.77. The fourth-order valence-electron chi connectivity index (χ4n) is 4.44. The highest BCUT2D eigenvalue weighted by atomic mass is 127. The Kier molecular flexibility index (Phi) is 4.79. The highest BCUT2D eigenvalue weighted by Gasteiger charge is 2.48. The number of hydrogen-bond acceptors (Lipinski definition) is 5. The molecule has 0 aromatic carbocycles. The van der Waals surface area contributed by atoms with Crippen LogP contribution in [0, 0.1) is 21.5 Å². The van der Waals surface area contributed by atoms with Crippen LogP contribution in [0.25, 0.3) is 5.52 Å². The van der Waals surface area contributed by atoms with E-state index in [1.165, 1.54) is 0 Å². The molecule has 3 saturated carbocycles. The van der Waals surface area contributed by atoms with Crippen molar-refractivity contribution in [1.29, 1.82) is 0 Å². The summed E-state index contributed by atoms with van der Waals surface area (Å²) in [6, 6.07) is 3.98. The molecule has 0 unspecified atom stereocenters. The Bertz CT molecular complexity index is 803. The van der Waals surface area contributed by atoms with Gasteiger partial charge in [0.2, 0.25) is 5.28 Å². The summed E-state index contributed by atoms with van der Waals surface area (Å²) in [6.07, 6.45) is 4.50. The minimum absolute atomic E-state index is 0.0360. The fraction of sp³-hybridized carbons (Fsp3) is 0.588. The SMILES string of the molecule is CCOC(=O)[C@H]1[C@H]2CC[C@H](CC2)[C@@H]1Nc1nc(Cl)nn2c(I)ccc12. The largest absolute Gasteiger partial charge is 0.466 e.